The van der Waals surface area contributed by atoms with Crippen LogP contribution in [-0.4, -0.2) is 37.6 Å². The van der Waals surface area contributed by atoms with Crippen molar-refractivity contribution in [3.8, 4) is 0 Å². The van der Waals surface area contributed by atoms with Crippen molar-refractivity contribution in [1.82, 2.24) is 10.2 Å². The zero-order valence-electron chi connectivity index (χ0n) is 7.77. The summed E-state index contributed by atoms with van der Waals surface area (Å²) in [4.78, 5) is 2.49. The Kier molecular flexibility index (Phi) is 3.87. The van der Waals surface area contributed by atoms with E-state index in [1.807, 2.05) is 0 Å². The largest absolute Gasteiger partial charge is 0.315 e. The number of likely N-dealkylation sites (N-methyl/N-ethyl adjacent to an activating group) is 1. The summed E-state index contributed by atoms with van der Waals surface area (Å²) in [6, 6.07) is 0.829. The van der Waals surface area contributed by atoms with Gasteiger partial charge >= 0.3 is 0 Å². The quantitative estimate of drug-likeness (QED) is 0.643. The monoisotopic (exact) mass is 156 g/mol. The lowest BCUT2D eigenvalue weighted by atomic mass is 10.1. The van der Waals surface area contributed by atoms with Gasteiger partial charge in [-0.1, -0.05) is 13.3 Å². The van der Waals surface area contributed by atoms with Gasteiger partial charge in [0.15, 0.2) is 0 Å². The highest BCUT2D eigenvalue weighted by Crippen LogP contribution is 2.09. The maximum absolute atomic E-state index is 3.42. The number of nitrogens with zero attached hydrogens (tertiary/aromatic N) is 1. The molecule has 1 heterocycles. The molecule has 0 bridgehead atoms. The van der Waals surface area contributed by atoms with E-state index in [0.717, 1.165) is 12.6 Å². The molecule has 1 atom stereocenters. The van der Waals surface area contributed by atoms with Gasteiger partial charge in [0.1, 0.15) is 0 Å². The number of nitrogens with one attached hydrogen (secondary N) is 1. The molecular weight excluding hydrogens is 136 g/mol. The summed E-state index contributed by atoms with van der Waals surface area (Å²) in [6.45, 7) is 5.85. The summed E-state index contributed by atoms with van der Waals surface area (Å²) in [5.41, 5.74) is 0. The molecule has 0 saturated carbocycles. The second-order valence-electron chi connectivity index (χ2n) is 3.46. The normalized spacial score (nSPS) is 28.4. The Morgan fingerprint density at radius 2 is 2.27 bits per heavy atom. The fraction of sp³-hybridized carbons (Fsp3) is 1.00. The van der Waals surface area contributed by atoms with Crippen molar-refractivity contribution in [3.05, 3.63) is 0 Å². The third-order valence-electron chi connectivity index (χ3n) is 2.54. The van der Waals surface area contributed by atoms with E-state index in [9.17, 15) is 0 Å². The first-order valence-corrected chi connectivity index (χ1v) is 4.75. The lowest BCUT2D eigenvalue weighted by Crippen LogP contribution is -2.32. The molecule has 1 fully saturated rings. The first kappa shape index (κ1) is 9.01. The Morgan fingerprint density at radius 3 is 3.00 bits per heavy atom. The van der Waals surface area contributed by atoms with Gasteiger partial charge in [-0.3, -0.25) is 0 Å². The predicted octanol–water partition coefficient (Wildman–Crippen LogP) is 1.08. The molecule has 2 heteroatoms. The van der Waals surface area contributed by atoms with E-state index >= 15 is 0 Å². The molecular formula is C9H20N2. The fourth-order valence-electron chi connectivity index (χ4n) is 1.75. The molecule has 1 N–H and O–H groups in total. The maximum atomic E-state index is 3.42. The molecule has 2 nitrogen and oxygen atoms in total. The van der Waals surface area contributed by atoms with Gasteiger partial charge in [0.2, 0.25) is 0 Å². The third-order valence-corrected chi connectivity index (χ3v) is 2.54. The molecule has 0 amide bonds. The van der Waals surface area contributed by atoms with Gasteiger partial charge < -0.3 is 10.2 Å². The molecule has 1 aliphatic heterocycles. The Bertz CT molecular complexity index is 104. The van der Waals surface area contributed by atoms with E-state index in [2.05, 4.69) is 24.2 Å². The summed E-state index contributed by atoms with van der Waals surface area (Å²) in [5.74, 6) is 0. The zero-order chi connectivity index (χ0) is 8.10. The number of rotatable bonds is 2. The van der Waals surface area contributed by atoms with Gasteiger partial charge in [-0.25, -0.2) is 0 Å². The van der Waals surface area contributed by atoms with Crippen molar-refractivity contribution in [3.63, 3.8) is 0 Å². The van der Waals surface area contributed by atoms with Crippen molar-refractivity contribution in [1.29, 1.82) is 0 Å². The lowest BCUT2D eigenvalue weighted by molar-refractivity contribution is 0.240. The number of hydrogen-bond acceptors (Lipinski definition) is 2. The molecule has 0 spiro atoms. The molecule has 0 aromatic heterocycles. The van der Waals surface area contributed by atoms with Crippen LogP contribution in [0.3, 0.4) is 0 Å². The van der Waals surface area contributed by atoms with Crippen molar-refractivity contribution < 1.29 is 0 Å². The number of hydrogen-bond donors (Lipinski definition) is 1. The van der Waals surface area contributed by atoms with Gasteiger partial charge in [-0.15, -0.1) is 0 Å². The molecule has 0 radical (unpaired) electrons. The molecule has 0 aliphatic carbocycles. The predicted molar refractivity (Wildman–Crippen MR) is 48.8 cm³/mol. The average molecular weight is 156 g/mol. The van der Waals surface area contributed by atoms with Crippen LogP contribution in [0.1, 0.15) is 26.2 Å². The fourth-order valence-corrected chi connectivity index (χ4v) is 1.75. The van der Waals surface area contributed by atoms with Crippen molar-refractivity contribution in [2.45, 2.75) is 32.2 Å². The molecule has 66 valence electrons. The second-order valence-corrected chi connectivity index (χ2v) is 3.46. The van der Waals surface area contributed by atoms with E-state index in [-0.39, 0.29) is 0 Å². The van der Waals surface area contributed by atoms with Crippen LogP contribution in [0.25, 0.3) is 0 Å². The second kappa shape index (κ2) is 4.73. The first-order chi connectivity index (χ1) is 5.34. The van der Waals surface area contributed by atoms with Crippen LogP contribution < -0.4 is 5.32 Å². The summed E-state index contributed by atoms with van der Waals surface area (Å²) < 4.78 is 0. The van der Waals surface area contributed by atoms with Crippen LogP contribution in [0.4, 0.5) is 0 Å². The topological polar surface area (TPSA) is 15.3 Å². The van der Waals surface area contributed by atoms with E-state index in [0.29, 0.717) is 0 Å². The highest BCUT2D eigenvalue weighted by atomic mass is 15.2. The lowest BCUT2D eigenvalue weighted by Gasteiger charge is -2.24. The van der Waals surface area contributed by atoms with Crippen molar-refractivity contribution in [2.24, 2.45) is 0 Å². The summed E-state index contributed by atoms with van der Waals surface area (Å²) >= 11 is 0. The Hall–Kier alpha value is -0.0800. The van der Waals surface area contributed by atoms with Gasteiger partial charge in [0.25, 0.3) is 0 Å². The molecule has 0 aromatic rings. The summed E-state index contributed by atoms with van der Waals surface area (Å²) in [7, 11) is 2.24. The minimum absolute atomic E-state index is 0.829. The molecule has 1 saturated heterocycles. The molecule has 11 heavy (non-hydrogen) atoms. The maximum Gasteiger partial charge on any atom is 0.0107 e. The first-order valence-electron chi connectivity index (χ1n) is 4.75. The van der Waals surface area contributed by atoms with E-state index in [1.165, 1.54) is 32.4 Å². The Labute approximate surface area is 70.0 Å². The van der Waals surface area contributed by atoms with Crippen molar-refractivity contribution >= 4 is 0 Å². The Morgan fingerprint density at radius 1 is 1.45 bits per heavy atom. The third kappa shape index (κ3) is 2.80. The minimum atomic E-state index is 0.829. The summed E-state index contributed by atoms with van der Waals surface area (Å²) in [6.07, 6.45) is 4.00. The van der Waals surface area contributed by atoms with Crippen LogP contribution in [0.15, 0.2) is 0 Å². The van der Waals surface area contributed by atoms with E-state index in [4.69, 9.17) is 0 Å². The highest BCUT2D eigenvalue weighted by molar-refractivity contribution is 4.73. The Balaban J connectivity index is 2.32. The van der Waals surface area contributed by atoms with Gasteiger partial charge in [-0.2, -0.15) is 0 Å². The van der Waals surface area contributed by atoms with Crippen LogP contribution in [0.5, 0.6) is 0 Å². The smallest absolute Gasteiger partial charge is 0.0107 e. The van der Waals surface area contributed by atoms with Crippen LogP contribution in [-0.2, 0) is 0 Å². The van der Waals surface area contributed by atoms with Crippen LogP contribution in [0.2, 0.25) is 0 Å². The molecule has 0 unspecified atom stereocenters. The molecule has 1 aliphatic rings. The van der Waals surface area contributed by atoms with E-state index < -0.39 is 0 Å². The van der Waals surface area contributed by atoms with Gasteiger partial charge in [0, 0.05) is 19.1 Å². The van der Waals surface area contributed by atoms with Crippen molar-refractivity contribution in [2.75, 3.05) is 26.7 Å². The van der Waals surface area contributed by atoms with Crippen LogP contribution in [0, 0.1) is 0 Å². The zero-order valence-corrected chi connectivity index (χ0v) is 7.77. The standard InChI is InChI=1S/C9H20N2/c1-3-4-9-5-6-10-7-8-11(9)2/h9-10H,3-8H2,1-2H3/t9-/m0/s1. The minimum Gasteiger partial charge on any atom is -0.315 e. The SMILES string of the molecule is CCC[C@H]1CCNCCN1C. The van der Waals surface area contributed by atoms with E-state index in [1.54, 1.807) is 0 Å². The van der Waals surface area contributed by atoms with Gasteiger partial charge in [-0.05, 0) is 26.4 Å². The van der Waals surface area contributed by atoms with Crippen LogP contribution >= 0.6 is 0 Å². The molecule has 1 rings (SSSR count). The van der Waals surface area contributed by atoms with Gasteiger partial charge in [0.05, 0.1) is 0 Å². The summed E-state index contributed by atoms with van der Waals surface area (Å²) in [5, 5.41) is 3.42. The highest BCUT2D eigenvalue weighted by Gasteiger charge is 2.15. The molecule has 0 aromatic carbocycles. The average Bonchev–Trinajstić information content (AvgIpc) is 2.18.